The predicted octanol–water partition coefficient (Wildman–Crippen LogP) is 2.20. The van der Waals surface area contributed by atoms with Crippen LogP contribution >= 0.6 is 0 Å². The summed E-state index contributed by atoms with van der Waals surface area (Å²) in [6.45, 7) is 6.97. The number of unbranched alkanes of at least 4 members (excludes halogenated alkanes) is 1. The molecule has 0 saturated heterocycles. The molecule has 0 aliphatic carbocycles. The Hall–Kier alpha value is -0.610. The smallest absolute Gasteiger partial charge is 0.323 e. The number of aliphatic hydroxyl groups is 1. The maximum atomic E-state index is 11.9. The molecule has 0 rings (SSSR count). The molecule has 0 aliphatic heterocycles. The van der Waals surface area contributed by atoms with Crippen molar-refractivity contribution >= 4 is 5.97 Å². The normalized spacial score (nSPS) is 13.1. The van der Waals surface area contributed by atoms with E-state index >= 15 is 0 Å². The highest BCUT2D eigenvalue weighted by atomic mass is 16.5. The van der Waals surface area contributed by atoms with Crippen LogP contribution in [0.4, 0.5) is 0 Å². The summed E-state index contributed by atoms with van der Waals surface area (Å²) >= 11 is 0. The minimum absolute atomic E-state index is 0.0795. The summed E-state index contributed by atoms with van der Waals surface area (Å²) in [6.07, 6.45) is 4.83. The quantitative estimate of drug-likeness (QED) is 0.611. The minimum Gasteiger partial charge on any atom is -0.468 e. The topological polar surface area (TPSA) is 49.8 Å². The van der Waals surface area contributed by atoms with E-state index in [1.807, 2.05) is 0 Å². The van der Waals surface area contributed by atoms with Crippen molar-refractivity contribution in [2.45, 2.75) is 65.0 Å². The van der Waals surface area contributed by atoms with Crippen LogP contribution in [-0.4, -0.2) is 48.3 Å². The Bertz CT molecular complexity index is 217. The molecular formula is C14H29NO3. The third-order valence-electron chi connectivity index (χ3n) is 3.47. The van der Waals surface area contributed by atoms with Crippen molar-refractivity contribution in [1.82, 2.24) is 4.90 Å². The average molecular weight is 259 g/mol. The van der Waals surface area contributed by atoms with Gasteiger partial charge in [0.1, 0.15) is 6.04 Å². The van der Waals surface area contributed by atoms with Gasteiger partial charge in [-0.2, -0.15) is 0 Å². The van der Waals surface area contributed by atoms with Crippen LogP contribution in [0.3, 0.4) is 0 Å². The van der Waals surface area contributed by atoms with E-state index in [0.29, 0.717) is 12.6 Å². The molecule has 0 aromatic carbocycles. The van der Waals surface area contributed by atoms with Crippen molar-refractivity contribution in [3.63, 3.8) is 0 Å². The third-order valence-corrected chi connectivity index (χ3v) is 3.47. The van der Waals surface area contributed by atoms with Gasteiger partial charge < -0.3 is 9.84 Å². The lowest BCUT2D eigenvalue weighted by molar-refractivity contribution is -0.148. The summed E-state index contributed by atoms with van der Waals surface area (Å²) in [6, 6.07) is 0.116. The fraction of sp³-hybridized carbons (Fsp3) is 0.929. The molecule has 0 aromatic rings. The van der Waals surface area contributed by atoms with Crippen molar-refractivity contribution in [1.29, 1.82) is 0 Å². The molecule has 0 aromatic heterocycles. The highest BCUT2D eigenvalue weighted by molar-refractivity contribution is 5.75. The van der Waals surface area contributed by atoms with Gasteiger partial charge in [-0.1, -0.05) is 33.6 Å². The number of rotatable bonds is 10. The number of methoxy groups -OCH3 is 1. The van der Waals surface area contributed by atoms with Crippen LogP contribution in [0, 0.1) is 0 Å². The molecule has 0 saturated carbocycles. The SMILES string of the molecule is CCCCC(C(=O)OC)N(CCO)C(CC)CC. The van der Waals surface area contributed by atoms with Gasteiger partial charge in [-0.3, -0.25) is 9.69 Å². The zero-order valence-electron chi connectivity index (χ0n) is 12.3. The highest BCUT2D eigenvalue weighted by Crippen LogP contribution is 2.18. The van der Waals surface area contributed by atoms with Crippen molar-refractivity contribution in [2.24, 2.45) is 0 Å². The Balaban J connectivity index is 4.87. The second kappa shape index (κ2) is 10.3. The number of ether oxygens (including phenoxy) is 1. The van der Waals surface area contributed by atoms with Gasteiger partial charge in [0.05, 0.1) is 13.7 Å². The Morgan fingerprint density at radius 1 is 1.28 bits per heavy atom. The first-order valence-corrected chi connectivity index (χ1v) is 7.10. The maximum absolute atomic E-state index is 11.9. The molecule has 1 N–H and O–H groups in total. The molecule has 0 radical (unpaired) electrons. The van der Waals surface area contributed by atoms with Gasteiger partial charge in [0, 0.05) is 12.6 Å². The van der Waals surface area contributed by atoms with Crippen LogP contribution in [0.1, 0.15) is 52.9 Å². The number of nitrogens with zero attached hydrogens (tertiary/aromatic N) is 1. The fourth-order valence-electron chi connectivity index (χ4n) is 2.42. The third kappa shape index (κ3) is 5.36. The molecule has 1 atom stereocenters. The Morgan fingerprint density at radius 2 is 1.89 bits per heavy atom. The van der Waals surface area contributed by atoms with Crippen LogP contribution < -0.4 is 0 Å². The molecule has 0 fully saturated rings. The Labute approximate surface area is 111 Å². The molecular weight excluding hydrogens is 230 g/mol. The largest absolute Gasteiger partial charge is 0.468 e. The van der Waals surface area contributed by atoms with Crippen molar-refractivity contribution in [3.8, 4) is 0 Å². The van der Waals surface area contributed by atoms with E-state index in [9.17, 15) is 9.90 Å². The lowest BCUT2D eigenvalue weighted by Crippen LogP contribution is -2.48. The molecule has 0 amide bonds. The number of carbonyl (C=O) groups is 1. The zero-order chi connectivity index (χ0) is 14.0. The average Bonchev–Trinajstić information content (AvgIpc) is 2.40. The van der Waals surface area contributed by atoms with E-state index in [2.05, 4.69) is 25.7 Å². The number of esters is 1. The number of hydrogen-bond acceptors (Lipinski definition) is 4. The van der Waals surface area contributed by atoms with E-state index in [-0.39, 0.29) is 18.6 Å². The predicted molar refractivity (Wildman–Crippen MR) is 73.5 cm³/mol. The first kappa shape index (κ1) is 17.4. The first-order valence-electron chi connectivity index (χ1n) is 7.10. The molecule has 0 spiro atoms. The van der Waals surface area contributed by atoms with Crippen LogP contribution in [-0.2, 0) is 9.53 Å². The lowest BCUT2D eigenvalue weighted by atomic mass is 10.0. The van der Waals surface area contributed by atoms with Crippen molar-refractivity contribution in [3.05, 3.63) is 0 Å². The van der Waals surface area contributed by atoms with Crippen LogP contribution in [0.25, 0.3) is 0 Å². The monoisotopic (exact) mass is 259 g/mol. The standard InChI is InChI=1S/C14H29NO3/c1-5-8-9-13(14(17)18-4)15(10-11-16)12(6-2)7-3/h12-13,16H,5-11H2,1-4H3. The van der Waals surface area contributed by atoms with E-state index in [4.69, 9.17) is 4.74 Å². The number of hydrogen-bond donors (Lipinski definition) is 1. The zero-order valence-corrected chi connectivity index (χ0v) is 12.3. The molecule has 0 heterocycles. The van der Waals surface area contributed by atoms with Gasteiger partial charge in [-0.05, 0) is 19.3 Å². The summed E-state index contributed by atoms with van der Waals surface area (Å²) in [5, 5.41) is 9.21. The van der Waals surface area contributed by atoms with Crippen molar-refractivity contribution in [2.75, 3.05) is 20.3 Å². The highest BCUT2D eigenvalue weighted by Gasteiger charge is 2.29. The maximum Gasteiger partial charge on any atom is 0.323 e. The van der Waals surface area contributed by atoms with E-state index in [1.54, 1.807) is 0 Å². The Morgan fingerprint density at radius 3 is 2.28 bits per heavy atom. The van der Waals surface area contributed by atoms with Crippen LogP contribution in [0.2, 0.25) is 0 Å². The minimum atomic E-state index is -0.216. The van der Waals surface area contributed by atoms with Crippen LogP contribution in [0.5, 0.6) is 0 Å². The summed E-state index contributed by atoms with van der Waals surface area (Å²) in [4.78, 5) is 14.0. The number of aliphatic hydroxyl groups excluding tert-OH is 1. The molecule has 1 unspecified atom stereocenters. The van der Waals surface area contributed by atoms with Gasteiger partial charge in [-0.15, -0.1) is 0 Å². The van der Waals surface area contributed by atoms with Gasteiger partial charge in [0.25, 0.3) is 0 Å². The number of carbonyl (C=O) groups excluding carboxylic acids is 1. The lowest BCUT2D eigenvalue weighted by Gasteiger charge is -2.35. The fourth-order valence-corrected chi connectivity index (χ4v) is 2.42. The summed E-state index contributed by atoms with van der Waals surface area (Å²) in [7, 11) is 1.44. The van der Waals surface area contributed by atoms with Gasteiger partial charge in [0.2, 0.25) is 0 Å². The molecule has 0 aliphatic rings. The first-order chi connectivity index (χ1) is 8.65. The van der Waals surface area contributed by atoms with E-state index in [1.165, 1.54) is 7.11 Å². The van der Waals surface area contributed by atoms with Crippen molar-refractivity contribution < 1.29 is 14.6 Å². The second-order valence-electron chi connectivity index (χ2n) is 4.61. The molecule has 4 heteroatoms. The van der Waals surface area contributed by atoms with Crippen LogP contribution in [0.15, 0.2) is 0 Å². The van der Waals surface area contributed by atoms with Gasteiger partial charge >= 0.3 is 5.97 Å². The summed E-state index contributed by atoms with van der Waals surface area (Å²) in [5.41, 5.74) is 0. The summed E-state index contributed by atoms with van der Waals surface area (Å²) in [5.74, 6) is -0.177. The van der Waals surface area contributed by atoms with E-state index in [0.717, 1.165) is 32.1 Å². The van der Waals surface area contributed by atoms with E-state index < -0.39 is 0 Å². The molecule has 108 valence electrons. The molecule has 4 nitrogen and oxygen atoms in total. The van der Waals surface area contributed by atoms with Gasteiger partial charge in [0.15, 0.2) is 0 Å². The summed E-state index contributed by atoms with van der Waals surface area (Å²) < 4.78 is 4.91. The molecule has 18 heavy (non-hydrogen) atoms. The second-order valence-corrected chi connectivity index (χ2v) is 4.61. The Kier molecular flexibility index (Phi) is 9.98. The molecule has 0 bridgehead atoms. The van der Waals surface area contributed by atoms with Gasteiger partial charge in [-0.25, -0.2) is 0 Å².